The SMILES string of the molecule is Cc1cnc(SC(c2ccccc2Br)C(C)N)nc1. The number of hydrogen-bond acceptors (Lipinski definition) is 4. The smallest absolute Gasteiger partial charge is 0.188 e. The number of nitrogens with zero attached hydrogens (tertiary/aromatic N) is 2. The summed E-state index contributed by atoms with van der Waals surface area (Å²) in [6, 6.07) is 8.14. The molecule has 2 N–H and O–H groups in total. The maximum atomic E-state index is 6.12. The molecule has 2 atom stereocenters. The fraction of sp³-hybridized carbons (Fsp3) is 0.286. The zero-order chi connectivity index (χ0) is 13.8. The third-order valence-corrected chi connectivity index (χ3v) is 4.76. The standard InChI is InChI=1S/C14H16BrN3S/c1-9-7-17-14(18-8-9)19-13(10(2)16)11-5-3-4-6-12(11)15/h3-8,10,13H,16H2,1-2H3. The minimum absolute atomic E-state index is 0.00797. The van der Waals surface area contributed by atoms with Gasteiger partial charge in [-0.2, -0.15) is 0 Å². The van der Waals surface area contributed by atoms with Crippen molar-refractivity contribution in [2.45, 2.75) is 30.3 Å². The first-order valence-corrected chi connectivity index (χ1v) is 7.70. The quantitative estimate of drug-likeness (QED) is 0.682. The van der Waals surface area contributed by atoms with Crippen LogP contribution in [0.4, 0.5) is 0 Å². The van der Waals surface area contributed by atoms with Crippen LogP contribution in [0.2, 0.25) is 0 Å². The van der Waals surface area contributed by atoms with E-state index in [1.165, 1.54) is 5.56 Å². The molecule has 19 heavy (non-hydrogen) atoms. The molecule has 1 heterocycles. The Balaban J connectivity index is 2.27. The van der Waals surface area contributed by atoms with E-state index in [2.05, 4.69) is 32.0 Å². The van der Waals surface area contributed by atoms with Gasteiger partial charge in [0.15, 0.2) is 5.16 Å². The first-order valence-electron chi connectivity index (χ1n) is 6.03. The van der Waals surface area contributed by atoms with Gasteiger partial charge in [0.25, 0.3) is 0 Å². The maximum absolute atomic E-state index is 6.12. The highest BCUT2D eigenvalue weighted by Gasteiger charge is 2.21. The van der Waals surface area contributed by atoms with E-state index >= 15 is 0 Å². The number of aryl methyl sites for hydroxylation is 1. The van der Waals surface area contributed by atoms with Crippen LogP contribution in [0, 0.1) is 6.92 Å². The van der Waals surface area contributed by atoms with Gasteiger partial charge in [-0.25, -0.2) is 9.97 Å². The predicted molar refractivity (Wildman–Crippen MR) is 83.2 cm³/mol. The van der Waals surface area contributed by atoms with Gasteiger partial charge in [-0.15, -0.1) is 0 Å². The molecular weight excluding hydrogens is 322 g/mol. The molecule has 0 amide bonds. The van der Waals surface area contributed by atoms with Crippen molar-refractivity contribution < 1.29 is 0 Å². The van der Waals surface area contributed by atoms with Crippen LogP contribution >= 0.6 is 27.7 Å². The summed E-state index contributed by atoms with van der Waals surface area (Å²) in [7, 11) is 0. The normalized spacial score (nSPS) is 14.1. The molecule has 2 aromatic rings. The molecular formula is C14H16BrN3S. The third kappa shape index (κ3) is 3.78. The highest BCUT2D eigenvalue weighted by Crippen LogP contribution is 2.38. The first-order chi connectivity index (χ1) is 9.08. The molecule has 2 rings (SSSR count). The summed E-state index contributed by atoms with van der Waals surface area (Å²) in [6.07, 6.45) is 3.65. The van der Waals surface area contributed by atoms with Crippen molar-refractivity contribution in [3.63, 3.8) is 0 Å². The van der Waals surface area contributed by atoms with Crippen molar-refractivity contribution >= 4 is 27.7 Å². The van der Waals surface area contributed by atoms with Crippen molar-refractivity contribution in [1.29, 1.82) is 0 Å². The second-order valence-corrected chi connectivity index (χ2v) is 6.43. The van der Waals surface area contributed by atoms with Crippen LogP contribution in [0.5, 0.6) is 0 Å². The Morgan fingerprint density at radius 2 is 1.84 bits per heavy atom. The number of rotatable bonds is 4. The lowest BCUT2D eigenvalue weighted by Crippen LogP contribution is -2.23. The summed E-state index contributed by atoms with van der Waals surface area (Å²) in [5.74, 6) is 0. The van der Waals surface area contributed by atoms with Crippen molar-refractivity contribution in [1.82, 2.24) is 9.97 Å². The van der Waals surface area contributed by atoms with Gasteiger partial charge in [0.05, 0.1) is 5.25 Å². The van der Waals surface area contributed by atoms with Crippen molar-refractivity contribution in [3.8, 4) is 0 Å². The van der Waals surface area contributed by atoms with Crippen LogP contribution in [0.25, 0.3) is 0 Å². The van der Waals surface area contributed by atoms with Gasteiger partial charge in [-0.3, -0.25) is 0 Å². The average Bonchev–Trinajstić information content (AvgIpc) is 2.39. The van der Waals surface area contributed by atoms with Crippen molar-refractivity contribution in [2.75, 3.05) is 0 Å². The van der Waals surface area contributed by atoms with Gasteiger partial charge in [-0.05, 0) is 31.0 Å². The Labute approximate surface area is 126 Å². The van der Waals surface area contributed by atoms with Crippen molar-refractivity contribution in [3.05, 3.63) is 52.3 Å². The molecule has 0 saturated heterocycles. The molecule has 2 unspecified atom stereocenters. The number of aromatic nitrogens is 2. The summed E-state index contributed by atoms with van der Waals surface area (Å²) < 4.78 is 1.07. The Morgan fingerprint density at radius 1 is 1.21 bits per heavy atom. The van der Waals surface area contributed by atoms with E-state index in [9.17, 15) is 0 Å². The molecule has 100 valence electrons. The lowest BCUT2D eigenvalue weighted by atomic mass is 10.1. The zero-order valence-corrected chi connectivity index (χ0v) is 13.3. The second kappa shape index (κ2) is 6.50. The third-order valence-electron chi connectivity index (χ3n) is 2.68. The second-order valence-electron chi connectivity index (χ2n) is 4.46. The Hall–Kier alpha value is -0.910. The molecule has 1 aromatic heterocycles. The summed E-state index contributed by atoms with van der Waals surface area (Å²) in [6.45, 7) is 3.98. The topological polar surface area (TPSA) is 51.8 Å². The average molecular weight is 338 g/mol. The van der Waals surface area contributed by atoms with Crippen LogP contribution in [0.3, 0.4) is 0 Å². The lowest BCUT2D eigenvalue weighted by Gasteiger charge is -2.21. The van der Waals surface area contributed by atoms with E-state index in [1.54, 1.807) is 11.8 Å². The summed E-state index contributed by atoms with van der Waals surface area (Å²) in [5, 5.41) is 0.877. The summed E-state index contributed by atoms with van der Waals surface area (Å²) >= 11 is 5.18. The number of hydrogen-bond donors (Lipinski definition) is 1. The van der Waals surface area contributed by atoms with Crippen LogP contribution in [0.1, 0.15) is 23.3 Å². The van der Waals surface area contributed by atoms with Gasteiger partial charge >= 0.3 is 0 Å². The monoisotopic (exact) mass is 337 g/mol. The molecule has 0 aliphatic rings. The summed E-state index contributed by atoms with van der Waals surface area (Å²) in [5.41, 5.74) is 8.35. The predicted octanol–water partition coefficient (Wildman–Crippen LogP) is 3.73. The molecule has 0 aliphatic carbocycles. The van der Waals surface area contributed by atoms with E-state index in [-0.39, 0.29) is 11.3 Å². The molecule has 5 heteroatoms. The molecule has 0 saturated carbocycles. The minimum atomic E-state index is 0.00797. The van der Waals surface area contributed by atoms with E-state index in [0.717, 1.165) is 15.2 Å². The van der Waals surface area contributed by atoms with Gasteiger partial charge in [0, 0.05) is 22.9 Å². The number of benzene rings is 1. The maximum Gasteiger partial charge on any atom is 0.188 e. The molecule has 1 aromatic carbocycles. The fourth-order valence-corrected chi connectivity index (χ4v) is 3.40. The molecule has 0 aliphatic heterocycles. The van der Waals surface area contributed by atoms with Gasteiger partial charge in [0.1, 0.15) is 0 Å². The van der Waals surface area contributed by atoms with Gasteiger partial charge in [-0.1, -0.05) is 45.9 Å². The number of halogens is 1. The first kappa shape index (κ1) is 14.5. The highest BCUT2D eigenvalue weighted by atomic mass is 79.9. The summed E-state index contributed by atoms with van der Waals surface area (Å²) in [4.78, 5) is 8.67. The van der Waals surface area contributed by atoms with Crippen LogP contribution in [0.15, 0.2) is 46.3 Å². The molecule has 0 spiro atoms. The zero-order valence-electron chi connectivity index (χ0n) is 10.9. The Bertz CT molecular complexity index is 543. The Kier molecular flexibility index (Phi) is 4.96. The van der Waals surface area contributed by atoms with Crippen LogP contribution in [-0.2, 0) is 0 Å². The molecule has 0 fully saturated rings. The fourth-order valence-electron chi connectivity index (χ4n) is 1.72. The number of nitrogens with two attached hydrogens (primary N) is 1. The molecule has 0 bridgehead atoms. The minimum Gasteiger partial charge on any atom is -0.327 e. The van der Waals surface area contributed by atoms with E-state index < -0.39 is 0 Å². The molecule has 0 radical (unpaired) electrons. The molecule has 3 nitrogen and oxygen atoms in total. The Morgan fingerprint density at radius 3 is 2.42 bits per heavy atom. The van der Waals surface area contributed by atoms with Gasteiger partial charge < -0.3 is 5.73 Å². The number of thioether (sulfide) groups is 1. The largest absolute Gasteiger partial charge is 0.327 e. The van der Waals surface area contributed by atoms with Gasteiger partial charge in [0.2, 0.25) is 0 Å². The van der Waals surface area contributed by atoms with E-state index in [1.807, 2.05) is 44.4 Å². The lowest BCUT2D eigenvalue weighted by molar-refractivity contribution is 0.715. The highest BCUT2D eigenvalue weighted by molar-refractivity contribution is 9.10. The van der Waals surface area contributed by atoms with Crippen LogP contribution < -0.4 is 5.73 Å². The van der Waals surface area contributed by atoms with Crippen LogP contribution in [-0.4, -0.2) is 16.0 Å². The van der Waals surface area contributed by atoms with Crippen molar-refractivity contribution in [2.24, 2.45) is 5.73 Å². The van der Waals surface area contributed by atoms with E-state index in [4.69, 9.17) is 5.73 Å². The van der Waals surface area contributed by atoms with E-state index in [0.29, 0.717) is 0 Å².